The average molecular weight is 301 g/mol. The van der Waals surface area contributed by atoms with Crippen molar-refractivity contribution in [3.63, 3.8) is 0 Å². The van der Waals surface area contributed by atoms with Crippen molar-refractivity contribution in [3.8, 4) is 0 Å². The second kappa shape index (κ2) is 7.61. The van der Waals surface area contributed by atoms with Crippen LogP contribution in [0.5, 0.6) is 0 Å². The van der Waals surface area contributed by atoms with Gasteiger partial charge in [0, 0.05) is 13.1 Å². The van der Waals surface area contributed by atoms with Crippen LogP contribution >= 0.6 is 0 Å². The van der Waals surface area contributed by atoms with Crippen LogP contribution in [0, 0.1) is 0 Å². The molecule has 0 bridgehead atoms. The van der Waals surface area contributed by atoms with Crippen LogP contribution in [0.25, 0.3) is 0 Å². The van der Waals surface area contributed by atoms with Gasteiger partial charge >= 0.3 is 0 Å². The molecule has 6 heteroatoms. The number of anilines is 3. The van der Waals surface area contributed by atoms with Crippen LogP contribution in [0.1, 0.15) is 25.5 Å². The standard InChI is InChI=1S/C16H23N5O/c1-3-21(9-10-22)16-14(17)15(18-11-19-16)20-12(2)13-7-5-4-6-8-13/h4-8,11-12,22H,3,9-10,17H2,1-2H3,(H,18,19,20). The van der Waals surface area contributed by atoms with Crippen molar-refractivity contribution in [2.75, 3.05) is 35.6 Å². The number of nitrogens with two attached hydrogens (primary N) is 1. The van der Waals surface area contributed by atoms with Crippen molar-refractivity contribution < 1.29 is 5.11 Å². The number of nitrogens with one attached hydrogen (secondary N) is 1. The smallest absolute Gasteiger partial charge is 0.157 e. The summed E-state index contributed by atoms with van der Waals surface area (Å²) in [6, 6.07) is 10.2. The third kappa shape index (κ3) is 3.65. The van der Waals surface area contributed by atoms with Gasteiger partial charge in [-0.15, -0.1) is 0 Å². The summed E-state index contributed by atoms with van der Waals surface area (Å²) in [4.78, 5) is 10.4. The van der Waals surface area contributed by atoms with Gasteiger partial charge in [-0.25, -0.2) is 9.97 Å². The molecule has 118 valence electrons. The largest absolute Gasteiger partial charge is 0.395 e. The van der Waals surface area contributed by atoms with Crippen LogP contribution in [0.4, 0.5) is 17.3 Å². The molecule has 1 heterocycles. The topological polar surface area (TPSA) is 87.3 Å². The van der Waals surface area contributed by atoms with Crippen molar-refractivity contribution >= 4 is 17.3 Å². The maximum Gasteiger partial charge on any atom is 0.157 e. The minimum absolute atomic E-state index is 0.0560. The van der Waals surface area contributed by atoms with E-state index in [-0.39, 0.29) is 12.6 Å². The molecular weight excluding hydrogens is 278 g/mol. The number of aliphatic hydroxyl groups is 1. The van der Waals surface area contributed by atoms with E-state index in [0.29, 0.717) is 23.9 Å². The number of hydrogen-bond donors (Lipinski definition) is 3. The molecule has 0 aliphatic heterocycles. The van der Waals surface area contributed by atoms with Crippen molar-refractivity contribution in [1.82, 2.24) is 9.97 Å². The van der Waals surface area contributed by atoms with E-state index in [4.69, 9.17) is 10.8 Å². The van der Waals surface area contributed by atoms with E-state index in [1.807, 2.05) is 30.0 Å². The van der Waals surface area contributed by atoms with E-state index in [0.717, 1.165) is 12.1 Å². The number of nitrogens with zero attached hydrogens (tertiary/aromatic N) is 3. The maximum atomic E-state index is 9.14. The van der Waals surface area contributed by atoms with E-state index in [9.17, 15) is 0 Å². The summed E-state index contributed by atoms with van der Waals surface area (Å²) < 4.78 is 0. The molecule has 0 radical (unpaired) electrons. The second-order valence-corrected chi connectivity index (χ2v) is 5.04. The van der Waals surface area contributed by atoms with Gasteiger partial charge in [0.25, 0.3) is 0 Å². The van der Waals surface area contributed by atoms with Gasteiger partial charge in [-0.05, 0) is 19.4 Å². The lowest BCUT2D eigenvalue weighted by atomic mass is 10.1. The molecule has 0 amide bonds. The molecule has 1 atom stereocenters. The first-order chi connectivity index (χ1) is 10.7. The third-order valence-electron chi connectivity index (χ3n) is 3.57. The third-order valence-corrected chi connectivity index (χ3v) is 3.57. The highest BCUT2D eigenvalue weighted by molar-refractivity contribution is 5.75. The van der Waals surface area contributed by atoms with E-state index < -0.39 is 0 Å². The van der Waals surface area contributed by atoms with E-state index in [1.165, 1.54) is 6.33 Å². The van der Waals surface area contributed by atoms with Crippen LogP contribution in [-0.2, 0) is 0 Å². The first-order valence-corrected chi connectivity index (χ1v) is 7.45. The molecule has 1 aromatic carbocycles. The molecule has 2 rings (SSSR count). The molecule has 6 nitrogen and oxygen atoms in total. The predicted molar refractivity (Wildman–Crippen MR) is 89.9 cm³/mol. The van der Waals surface area contributed by atoms with Gasteiger partial charge < -0.3 is 21.1 Å². The fourth-order valence-corrected chi connectivity index (χ4v) is 2.32. The van der Waals surface area contributed by atoms with Gasteiger partial charge in [-0.3, -0.25) is 0 Å². The summed E-state index contributed by atoms with van der Waals surface area (Å²) in [7, 11) is 0. The Hall–Kier alpha value is -2.34. The lowest BCUT2D eigenvalue weighted by molar-refractivity contribution is 0.302. The number of nitrogen functional groups attached to an aromatic ring is 1. The summed E-state index contributed by atoms with van der Waals surface area (Å²) in [6.45, 7) is 5.32. The minimum Gasteiger partial charge on any atom is -0.395 e. The molecule has 0 aliphatic rings. The lowest BCUT2D eigenvalue weighted by Gasteiger charge is -2.24. The van der Waals surface area contributed by atoms with Gasteiger partial charge in [0.2, 0.25) is 0 Å². The van der Waals surface area contributed by atoms with Crippen molar-refractivity contribution in [1.29, 1.82) is 0 Å². The zero-order valence-electron chi connectivity index (χ0n) is 13.0. The Labute approximate surface area is 131 Å². The molecule has 2 aromatic rings. The molecule has 0 fully saturated rings. The first kappa shape index (κ1) is 16.0. The number of aromatic nitrogens is 2. The van der Waals surface area contributed by atoms with Gasteiger partial charge in [0.05, 0.1) is 12.6 Å². The maximum absolute atomic E-state index is 9.14. The number of likely N-dealkylation sites (N-methyl/N-ethyl adjacent to an activating group) is 1. The molecule has 0 saturated heterocycles. The van der Waals surface area contributed by atoms with Gasteiger partial charge in [0.15, 0.2) is 11.6 Å². The molecule has 1 unspecified atom stereocenters. The molecule has 4 N–H and O–H groups in total. The predicted octanol–water partition coefficient (Wildman–Crippen LogP) is 2.05. The lowest BCUT2D eigenvalue weighted by Crippen LogP contribution is -2.28. The summed E-state index contributed by atoms with van der Waals surface area (Å²) in [6.07, 6.45) is 1.49. The van der Waals surface area contributed by atoms with E-state index >= 15 is 0 Å². The van der Waals surface area contributed by atoms with E-state index in [2.05, 4.69) is 34.3 Å². The Morgan fingerprint density at radius 1 is 1.27 bits per heavy atom. The van der Waals surface area contributed by atoms with Crippen LogP contribution in [0.15, 0.2) is 36.7 Å². The monoisotopic (exact) mass is 301 g/mol. The van der Waals surface area contributed by atoms with Crippen LogP contribution in [0.3, 0.4) is 0 Å². The van der Waals surface area contributed by atoms with Crippen molar-refractivity contribution in [3.05, 3.63) is 42.2 Å². The Morgan fingerprint density at radius 3 is 2.64 bits per heavy atom. The number of aliphatic hydroxyl groups excluding tert-OH is 1. The number of hydrogen-bond acceptors (Lipinski definition) is 6. The summed E-state index contributed by atoms with van der Waals surface area (Å²) >= 11 is 0. The normalized spacial score (nSPS) is 12.0. The Bertz CT molecular complexity index is 590. The number of benzene rings is 1. The SMILES string of the molecule is CCN(CCO)c1ncnc(NC(C)c2ccccc2)c1N. The summed E-state index contributed by atoms with van der Waals surface area (Å²) in [5.41, 5.74) is 7.86. The van der Waals surface area contributed by atoms with Crippen LogP contribution in [-0.4, -0.2) is 34.8 Å². The highest BCUT2D eigenvalue weighted by atomic mass is 16.3. The Morgan fingerprint density at radius 2 is 2.00 bits per heavy atom. The molecule has 0 saturated carbocycles. The van der Waals surface area contributed by atoms with Crippen molar-refractivity contribution in [2.24, 2.45) is 0 Å². The minimum atomic E-state index is 0.0560. The highest BCUT2D eigenvalue weighted by Crippen LogP contribution is 2.28. The van der Waals surface area contributed by atoms with Gasteiger partial charge in [-0.2, -0.15) is 0 Å². The fraction of sp³-hybridized carbons (Fsp3) is 0.375. The quantitative estimate of drug-likeness (QED) is 0.725. The second-order valence-electron chi connectivity index (χ2n) is 5.04. The van der Waals surface area contributed by atoms with Crippen LogP contribution < -0.4 is 16.0 Å². The molecule has 1 aromatic heterocycles. The molecule has 22 heavy (non-hydrogen) atoms. The average Bonchev–Trinajstić information content (AvgIpc) is 2.55. The first-order valence-electron chi connectivity index (χ1n) is 7.45. The van der Waals surface area contributed by atoms with E-state index in [1.54, 1.807) is 0 Å². The summed E-state index contributed by atoms with van der Waals surface area (Å²) in [5, 5.41) is 12.5. The molecule has 0 spiro atoms. The van der Waals surface area contributed by atoms with Crippen LogP contribution in [0.2, 0.25) is 0 Å². The zero-order chi connectivity index (χ0) is 15.9. The van der Waals surface area contributed by atoms with Gasteiger partial charge in [0.1, 0.15) is 12.0 Å². The fourth-order valence-electron chi connectivity index (χ4n) is 2.32. The molecule has 0 aliphatic carbocycles. The zero-order valence-corrected chi connectivity index (χ0v) is 13.0. The molecular formula is C16H23N5O. The Balaban J connectivity index is 2.21. The number of rotatable bonds is 7. The van der Waals surface area contributed by atoms with Crippen molar-refractivity contribution in [2.45, 2.75) is 19.9 Å². The highest BCUT2D eigenvalue weighted by Gasteiger charge is 2.15. The van der Waals surface area contributed by atoms with Gasteiger partial charge in [-0.1, -0.05) is 30.3 Å². The summed E-state index contributed by atoms with van der Waals surface area (Å²) in [5.74, 6) is 1.26. The Kier molecular flexibility index (Phi) is 5.55.